The van der Waals surface area contributed by atoms with E-state index in [0.717, 1.165) is 31.4 Å². The second-order valence-corrected chi connectivity index (χ2v) is 4.99. The smallest absolute Gasteiger partial charge is 0.261 e. The molecule has 0 atom stereocenters. The molecule has 0 bridgehead atoms. The lowest BCUT2D eigenvalue weighted by Crippen LogP contribution is -2.34. The number of hydrogen-bond donors (Lipinski definition) is 1. The Morgan fingerprint density at radius 3 is 2.89 bits per heavy atom. The largest absolute Gasteiger partial charge is 0.389 e. The Hall–Kier alpha value is -1.20. The molecule has 0 unspecified atom stereocenters. The summed E-state index contributed by atoms with van der Waals surface area (Å²) < 4.78 is 6.85. The second-order valence-electron chi connectivity index (χ2n) is 4.55. The van der Waals surface area contributed by atoms with Crippen molar-refractivity contribution in [1.82, 2.24) is 4.57 Å². The number of aryl methyl sites for hydroxylation is 1. The highest BCUT2D eigenvalue weighted by atomic mass is 32.1. The van der Waals surface area contributed by atoms with Crippen molar-refractivity contribution in [1.29, 1.82) is 0 Å². The number of hydrogen-bond acceptors (Lipinski definition) is 3. The predicted octanol–water partition coefficient (Wildman–Crippen LogP) is 1.01. The lowest BCUT2D eigenvalue weighted by Gasteiger charge is -2.22. The van der Waals surface area contributed by atoms with E-state index in [9.17, 15) is 4.79 Å². The molecule has 4 nitrogen and oxygen atoms in total. The van der Waals surface area contributed by atoms with Gasteiger partial charge in [-0.25, -0.2) is 0 Å². The number of methoxy groups -OCH3 is 1. The van der Waals surface area contributed by atoms with Crippen LogP contribution in [0.1, 0.15) is 29.7 Å². The molecule has 1 aliphatic rings. The molecule has 2 rings (SSSR count). The fourth-order valence-corrected chi connectivity index (χ4v) is 2.62. The van der Waals surface area contributed by atoms with Crippen LogP contribution in [0.15, 0.2) is 10.9 Å². The second kappa shape index (κ2) is 5.63. The average Bonchev–Trinajstić information content (AvgIpc) is 2.37. The molecule has 0 saturated carbocycles. The first-order valence-electron chi connectivity index (χ1n) is 6.19. The zero-order valence-corrected chi connectivity index (χ0v) is 11.4. The number of ether oxygens (including phenoxy) is 1. The van der Waals surface area contributed by atoms with Crippen molar-refractivity contribution in [3.8, 4) is 0 Å². The Morgan fingerprint density at radius 2 is 2.22 bits per heavy atom. The van der Waals surface area contributed by atoms with E-state index in [4.69, 9.17) is 22.7 Å². The average molecular weight is 266 g/mol. The van der Waals surface area contributed by atoms with Gasteiger partial charge < -0.3 is 15.0 Å². The maximum absolute atomic E-state index is 12.3. The Balaban J connectivity index is 2.55. The molecule has 98 valence electrons. The minimum absolute atomic E-state index is 0.0831. The zero-order chi connectivity index (χ0) is 13.1. The van der Waals surface area contributed by atoms with Gasteiger partial charge in [0.2, 0.25) is 0 Å². The highest BCUT2D eigenvalue weighted by molar-refractivity contribution is 7.80. The van der Waals surface area contributed by atoms with Gasteiger partial charge >= 0.3 is 0 Å². The molecule has 2 N–H and O–H groups in total. The van der Waals surface area contributed by atoms with Crippen LogP contribution in [-0.4, -0.2) is 23.3 Å². The van der Waals surface area contributed by atoms with Gasteiger partial charge in [-0.15, -0.1) is 0 Å². The number of rotatable bonds is 4. The van der Waals surface area contributed by atoms with E-state index in [1.54, 1.807) is 11.7 Å². The fraction of sp³-hybridized carbons (Fsp3) is 0.538. The van der Waals surface area contributed by atoms with Crippen LogP contribution in [0.4, 0.5) is 0 Å². The molecular formula is C13H18N2O2S. The fourth-order valence-electron chi connectivity index (χ4n) is 2.48. The minimum Gasteiger partial charge on any atom is -0.389 e. The molecule has 1 aliphatic carbocycles. The van der Waals surface area contributed by atoms with Gasteiger partial charge in [-0.1, -0.05) is 12.2 Å². The topological polar surface area (TPSA) is 57.2 Å². The van der Waals surface area contributed by atoms with Crippen molar-refractivity contribution < 1.29 is 4.74 Å². The molecule has 0 amide bonds. The standard InChI is InChI=1S/C13H18N2O2S/c1-17-7-6-15-11-5-3-2-4-9(11)8-10(12(14)18)13(15)16/h8H,2-7H2,1H3,(H2,14,18). The zero-order valence-electron chi connectivity index (χ0n) is 10.6. The summed E-state index contributed by atoms with van der Waals surface area (Å²) >= 11 is 4.96. The van der Waals surface area contributed by atoms with Crippen LogP contribution in [0.5, 0.6) is 0 Å². The monoisotopic (exact) mass is 266 g/mol. The Labute approximate surface area is 112 Å². The molecule has 0 aromatic carbocycles. The van der Waals surface area contributed by atoms with Gasteiger partial charge in [-0.05, 0) is 37.3 Å². The van der Waals surface area contributed by atoms with Gasteiger partial charge in [0.1, 0.15) is 4.99 Å². The van der Waals surface area contributed by atoms with E-state index in [1.165, 1.54) is 5.56 Å². The van der Waals surface area contributed by atoms with Crippen LogP contribution in [0.2, 0.25) is 0 Å². The summed E-state index contributed by atoms with van der Waals surface area (Å²) in [5.41, 5.74) is 8.35. The normalized spacial score (nSPS) is 14.3. The first-order chi connectivity index (χ1) is 8.65. The van der Waals surface area contributed by atoms with Crippen molar-refractivity contribution in [2.24, 2.45) is 5.73 Å². The lowest BCUT2D eigenvalue weighted by atomic mass is 9.94. The molecule has 0 fully saturated rings. The maximum Gasteiger partial charge on any atom is 0.261 e. The van der Waals surface area contributed by atoms with Crippen LogP contribution >= 0.6 is 12.2 Å². The maximum atomic E-state index is 12.3. The van der Waals surface area contributed by atoms with Crippen LogP contribution in [0.3, 0.4) is 0 Å². The van der Waals surface area contributed by atoms with Crippen molar-refractivity contribution in [2.75, 3.05) is 13.7 Å². The first-order valence-corrected chi connectivity index (χ1v) is 6.60. The van der Waals surface area contributed by atoms with Gasteiger partial charge in [0.15, 0.2) is 0 Å². The van der Waals surface area contributed by atoms with Crippen LogP contribution in [-0.2, 0) is 24.1 Å². The molecule has 1 heterocycles. The van der Waals surface area contributed by atoms with Crippen molar-refractivity contribution in [2.45, 2.75) is 32.2 Å². The van der Waals surface area contributed by atoms with E-state index < -0.39 is 0 Å². The van der Waals surface area contributed by atoms with E-state index in [0.29, 0.717) is 18.7 Å². The number of pyridine rings is 1. The highest BCUT2D eigenvalue weighted by Gasteiger charge is 2.18. The number of nitrogens with zero attached hydrogens (tertiary/aromatic N) is 1. The van der Waals surface area contributed by atoms with Gasteiger partial charge in [0.05, 0.1) is 12.2 Å². The number of nitrogens with two attached hydrogens (primary N) is 1. The van der Waals surface area contributed by atoms with Gasteiger partial charge in [0, 0.05) is 19.3 Å². The van der Waals surface area contributed by atoms with Crippen LogP contribution in [0, 0.1) is 0 Å². The molecule has 0 saturated heterocycles. The molecule has 0 radical (unpaired) electrons. The van der Waals surface area contributed by atoms with Gasteiger partial charge in [-0.3, -0.25) is 4.79 Å². The van der Waals surface area contributed by atoms with Gasteiger partial charge in [0.25, 0.3) is 5.56 Å². The summed E-state index contributed by atoms with van der Waals surface area (Å²) in [5.74, 6) is 0. The van der Waals surface area contributed by atoms with Crippen LogP contribution in [0.25, 0.3) is 0 Å². The summed E-state index contributed by atoms with van der Waals surface area (Å²) in [7, 11) is 1.63. The molecule has 18 heavy (non-hydrogen) atoms. The quantitative estimate of drug-likeness (QED) is 0.826. The number of aromatic nitrogens is 1. The van der Waals surface area contributed by atoms with E-state index in [-0.39, 0.29) is 10.5 Å². The van der Waals surface area contributed by atoms with E-state index >= 15 is 0 Å². The van der Waals surface area contributed by atoms with Crippen molar-refractivity contribution in [3.05, 3.63) is 33.2 Å². The van der Waals surface area contributed by atoms with Crippen molar-refractivity contribution >= 4 is 17.2 Å². The number of fused-ring (bicyclic) bond motifs is 1. The van der Waals surface area contributed by atoms with Crippen LogP contribution < -0.4 is 11.3 Å². The Morgan fingerprint density at radius 1 is 1.50 bits per heavy atom. The number of thiocarbonyl (C=S) groups is 1. The third kappa shape index (κ3) is 2.47. The van der Waals surface area contributed by atoms with Gasteiger partial charge in [-0.2, -0.15) is 0 Å². The summed E-state index contributed by atoms with van der Waals surface area (Å²) in [6.07, 6.45) is 4.24. The predicted molar refractivity (Wildman–Crippen MR) is 75.1 cm³/mol. The van der Waals surface area contributed by atoms with E-state index in [1.807, 2.05) is 6.07 Å². The highest BCUT2D eigenvalue weighted by Crippen LogP contribution is 2.20. The minimum atomic E-state index is -0.0831. The molecular weight excluding hydrogens is 248 g/mol. The molecule has 0 aliphatic heterocycles. The summed E-state index contributed by atoms with van der Waals surface area (Å²) in [4.78, 5) is 12.5. The van der Waals surface area contributed by atoms with E-state index in [2.05, 4.69) is 0 Å². The Kier molecular flexibility index (Phi) is 4.14. The summed E-state index contributed by atoms with van der Waals surface area (Å²) in [6.45, 7) is 1.08. The lowest BCUT2D eigenvalue weighted by molar-refractivity contribution is 0.185. The summed E-state index contributed by atoms with van der Waals surface area (Å²) in [6, 6.07) is 1.88. The Bertz CT molecular complexity index is 522. The summed E-state index contributed by atoms with van der Waals surface area (Å²) in [5, 5.41) is 0. The third-order valence-electron chi connectivity index (χ3n) is 3.38. The third-order valence-corrected chi connectivity index (χ3v) is 3.60. The first kappa shape index (κ1) is 13.2. The van der Waals surface area contributed by atoms with Crippen molar-refractivity contribution in [3.63, 3.8) is 0 Å². The molecule has 1 aromatic rings. The SMILES string of the molecule is COCCn1c2c(cc(C(N)=S)c1=O)CCCC2. The molecule has 1 aromatic heterocycles. The molecule has 0 spiro atoms. The molecule has 5 heteroatoms.